The van der Waals surface area contributed by atoms with Crippen LogP contribution in [-0.2, 0) is 22.4 Å². The minimum atomic E-state index is -0.439. The van der Waals surface area contributed by atoms with Crippen LogP contribution in [-0.4, -0.2) is 31.8 Å². The Morgan fingerprint density at radius 3 is 2.62 bits per heavy atom. The van der Waals surface area contributed by atoms with Gasteiger partial charge in [0.1, 0.15) is 18.4 Å². The van der Waals surface area contributed by atoms with E-state index in [2.05, 4.69) is 17.4 Å². The van der Waals surface area contributed by atoms with E-state index in [1.165, 1.54) is 31.1 Å². The largest absolute Gasteiger partial charge is 0.491 e. The first-order valence-electron chi connectivity index (χ1n) is 7.68. The molecule has 0 bridgehead atoms. The highest BCUT2D eigenvalue weighted by molar-refractivity contribution is 5.75. The zero-order valence-corrected chi connectivity index (χ0v) is 13.1. The lowest BCUT2D eigenvalue weighted by atomic mass is 9.92. The molecule has 1 N–H and O–H groups in total. The van der Waals surface area contributed by atoms with Crippen molar-refractivity contribution in [3.05, 3.63) is 29.3 Å². The maximum Gasteiger partial charge on any atom is 0.326 e. The number of hydrogen-bond donors (Lipinski definition) is 1. The maximum atomic E-state index is 11.7. The lowest BCUT2D eigenvalue weighted by Crippen LogP contribution is -2.45. The van der Waals surface area contributed by atoms with E-state index in [9.17, 15) is 4.79 Å². The van der Waals surface area contributed by atoms with E-state index in [-0.39, 0.29) is 18.6 Å². The fourth-order valence-electron chi connectivity index (χ4n) is 2.71. The summed E-state index contributed by atoms with van der Waals surface area (Å²) in [4.78, 5) is 11.7. The number of fused-ring (bicyclic) bond motifs is 1. The molecule has 116 valence electrons. The van der Waals surface area contributed by atoms with E-state index in [0.717, 1.165) is 18.6 Å². The number of nitrogens with one attached hydrogen (secondary N) is 1. The highest BCUT2D eigenvalue weighted by Crippen LogP contribution is 2.25. The Balaban J connectivity index is 1.98. The lowest BCUT2D eigenvalue weighted by molar-refractivity contribution is -0.144. The van der Waals surface area contributed by atoms with E-state index >= 15 is 0 Å². The van der Waals surface area contributed by atoms with Crippen molar-refractivity contribution in [2.45, 2.75) is 51.6 Å². The predicted octanol–water partition coefficient (Wildman–Crippen LogP) is 2.48. The number of rotatable bonds is 6. The number of esters is 1. The number of aryl methyl sites for hydroxylation is 2. The molecular formula is C17H25NO3. The summed E-state index contributed by atoms with van der Waals surface area (Å²) in [5, 5.41) is 3.16. The number of hydrogen-bond acceptors (Lipinski definition) is 4. The second-order valence-electron chi connectivity index (χ2n) is 5.85. The molecule has 0 radical (unpaired) electrons. The van der Waals surface area contributed by atoms with Gasteiger partial charge in [-0.1, -0.05) is 19.9 Å². The predicted molar refractivity (Wildman–Crippen MR) is 82.7 cm³/mol. The number of methoxy groups -OCH3 is 1. The van der Waals surface area contributed by atoms with Crippen LogP contribution in [0.5, 0.6) is 5.75 Å². The van der Waals surface area contributed by atoms with Gasteiger partial charge in [0.2, 0.25) is 0 Å². The molecule has 1 atom stereocenters. The van der Waals surface area contributed by atoms with Crippen LogP contribution in [0, 0.1) is 0 Å². The Kier molecular flexibility index (Phi) is 5.62. The molecule has 0 fully saturated rings. The van der Waals surface area contributed by atoms with Gasteiger partial charge in [-0.05, 0) is 48.9 Å². The highest BCUT2D eigenvalue weighted by Gasteiger charge is 2.21. The molecule has 0 spiro atoms. The van der Waals surface area contributed by atoms with E-state index in [1.54, 1.807) is 0 Å². The monoisotopic (exact) mass is 291 g/mol. The molecule has 1 aliphatic carbocycles. The first kappa shape index (κ1) is 15.8. The molecule has 1 unspecified atom stereocenters. The van der Waals surface area contributed by atoms with Crippen molar-refractivity contribution in [2.24, 2.45) is 0 Å². The van der Waals surface area contributed by atoms with Crippen LogP contribution < -0.4 is 10.1 Å². The molecule has 1 aromatic carbocycles. The normalized spacial score (nSPS) is 15.4. The molecule has 4 nitrogen and oxygen atoms in total. The molecule has 1 aliphatic rings. The van der Waals surface area contributed by atoms with Crippen molar-refractivity contribution in [1.29, 1.82) is 0 Å². The van der Waals surface area contributed by atoms with Crippen molar-refractivity contribution >= 4 is 5.97 Å². The van der Waals surface area contributed by atoms with Crippen molar-refractivity contribution in [3.63, 3.8) is 0 Å². The van der Waals surface area contributed by atoms with E-state index in [0.29, 0.717) is 0 Å². The van der Waals surface area contributed by atoms with Gasteiger partial charge in [0, 0.05) is 6.04 Å². The quantitative estimate of drug-likeness (QED) is 0.818. The summed E-state index contributed by atoms with van der Waals surface area (Å²) in [6, 6.07) is 6.01. The second-order valence-corrected chi connectivity index (χ2v) is 5.85. The van der Waals surface area contributed by atoms with E-state index in [4.69, 9.17) is 9.47 Å². The SMILES string of the molecule is COC(=O)C(COc1ccc2c(c1)CCCC2)NC(C)C. The first-order chi connectivity index (χ1) is 10.1. The van der Waals surface area contributed by atoms with Gasteiger partial charge in [0.15, 0.2) is 0 Å². The molecule has 0 aromatic heterocycles. The zero-order chi connectivity index (χ0) is 15.2. The Morgan fingerprint density at radius 1 is 1.24 bits per heavy atom. The van der Waals surface area contributed by atoms with Crippen LogP contribution in [0.2, 0.25) is 0 Å². The van der Waals surface area contributed by atoms with Crippen LogP contribution in [0.25, 0.3) is 0 Å². The van der Waals surface area contributed by atoms with Gasteiger partial charge in [0.25, 0.3) is 0 Å². The highest BCUT2D eigenvalue weighted by atomic mass is 16.5. The third kappa shape index (κ3) is 4.46. The minimum Gasteiger partial charge on any atom is -0.491 e. The van der Waals surface area contributed by atoms with Gasteiger partial charge in [-0.3, -0.25) is 10.1 Å². The Hall–Kier alpha value is -1.55. The van der Waals surface area contributed by atoms with Crippen LogP contribution in [0.3, 0.4) is 0 Å². The van der Waals surface area contributed by atoms with Crippen LogP contribution in [0.4, 0.5) is 0 Å². The average molecular weight is 291 g/mol. The van der Waals surface area contributed by atoms with E-state index in [1.807, 2.05) is 19.9 Å². The summed E-state index contributed by atoms with van der Waals surface area (Å²) in [5.74, 6) is 0.539. The van der Waals surface area contributed by atoms with Gasteiger partial charge in [-0.25, -0.2) is 0 Å². The number of carbonyl (C=O) groups excluding carboxylic acids is 1. The fourth-order valence-corrected chi connectivity index (χ4v) is 2.71. The number of ether oxygens (including phenoxy) is 2. The summed E-state index contributed by atoms with van der Waals surface area (Å²) in [5.41, 5.74) is 2.81. The molecule has 0 aliphatic heterocycles. The molecule has 1 aromatic rings. The molecule has 0 saturated heterocycles. The molecule has 2 rings (SSSR count). The van der Waals surface area contributed by atoms with Crippen molar-refractivity contribution < 1.29 is 14.3 Å². The Labute approximate surface area is 126 Å². The fraction of sp³-hybridized carbons (Fsp3) is 0.588. The Bertz CT molecular complexity index is 485. The topological polar surface area (TPSA) is 47.6 Å². The number of benzene rings is 1. The van der Waals surface area contributed by atoms with Crippen LogP contribution >= 0.6 is 0 Å². The summed E-state index contributed by atoms with van der Waals surface area (Å²) < 4.78 is 10.6. The van der Waals surface area contributed by atoms with Crippen LogP contribution in [0.1, 0.15) is 37.8 Å². The zero-order valence-electron chi connectivity index (χ0n) is 13.1. The molecule has 0 saturated carbocycles. The Morgan fingerprint density at radius 2 is 1.95 bits per heavy atom. The summed E-state index contributed by atoms with van der Waals surface area (Å²) in [6.07, 6.45) is 4.80. The molecule has 4 heteroatoms. The van der Waals surface area contributed by atoms with Gasteiger partial charge >= 0.3 is 5.97 Å². The van der Waals surface area contributed by atoms with Gasteiger partial charge in [-0.15, -0.1) is 0 Å². The van der Waals surface area contributed by atoms with Crippen molar-refractivity contribution in [3.8, 4) is 5.75 Å². The molecule has 21 heavy (non-hydrogen) atoms. The third-order valence-electron chi connectivity index (χ3n) is 3.76. The summed E-state index contributed by atoms with van der Waals surface area (Å²) in [7, 11) is 1.40. The molecule has 0 heterocycles. The first-order valence-corrected chi connectivity index (χ1v) is 7.68. The van der Waals surface area contributed by atoms with Crippen LogP contribution in [0.15, 0.2) is 18.2 Å². The standard InChI is InChI=1S/C17H25NO3/c1-12(2)18-16(17(19)20-3)11-21-15-9-8-13-6-4-5-7-14(13)10-15/h8-10,12,16,18H,4-7,11H2,1-3H3. The van der Waals surface area contributed by atoms with Crippen molar-refractivity contribution in [1.82, 2.24) is 5.32 Å². The third-order valence-corrected chi connectivity index (χ3v) is 3.76. The maximum absolute atomic E-state index is 11.7. The second kappa shape index (κ2) is 7.46. The van der Waals surface area contributed by atoms with Gasteiger partial charge < -0.3 is 9.47 Å². The average Bonchev–Trinajstić information content (AvgIpc) is 2.50. The smallest absolute Gasteiger partial charge is 0.326 e. The summed E-state index contributed by atoms with van der Waals surface area (Å²) in [6.45, 7) is 4.27. The van der Waals surface area contributed by atoms with Gasteiger partial charge in [0.05, 0.1) is 7.11 Å². The van der Waals surface area contributed by atoms with Crippen molar-refractivity contribution in [2.75, 3.05) is 13.7 Å². The minimum absolute atomic E-state index is 0.196. The summed E-state index contributed by atoms with van der Waals surface area (Å²) >= 11 is 0. The molecule has 0 amide bonds. The number of carbonyl (C=O) groups is 1. The molecular weight excluding hydrogens is 266 g/mol. The lowest BCUT2D eigenvalue weighted by Gasteiger charge is -2.21. The van der Waals surface area contributed by atoms with Gasteiger partial charge in [-0.2, -0.15) is 0 Å². The van der Waals surface area contributed by atoms with E-state index < -0.39 is 6.04 Å².